The third kappa shape index (κ3) is 3.46. The Balaban J connectivity index is 2.58. The van der Waals surface area contributed by atoms with Gasteiger partial charge in [0.1, 0.15) is 6.04 Å². The van der Waals surface area contributed by atoms with Gasteiger partial charge in [0.05, 0.1) is 0 Å². The number of carbonyl (C=O) groups is 1. The fourth-order valence-electron chi connectivity index (χ4n) is 2.69. The second-order valence-electron chi connectivity index (χ2n) is 5.02. The van der Waals surface area contributed by atoms with E-state index >= 15 is 0 Å². The van der Waals surface area contributed by atoms with Crippen LogP contribution in [0.4, 0.5) is 0 Å². The minimum atomic E-state index is -0.744. The van der Waals surface area contributed by atoms with E-state index < -0.39 is 12.0 Å². The lowest BCUT2D eigenvalue weighted by Crippen LogP contribution is -2.47. The molecule has 4 nitrogen and oxygen atoms in total. The van der Waals surface area contributed by atoms with Crippen LogP contribution in [0.3, 0.4) is 0 Å². The van der Waals surface area contributed by atoms with Gasteiger partial charge in [0.15, 0.2) is 0 Å². The number of nitrogens with two attached hydrogens (primary N) is 1. The highest BCUT2D eigenvalue weighted by Gasteiger charge is 2.30. The Labute approximate surface area is 97.8 Å². The summed E-state index contributed by atoms with van der Waals surface area (Å²) in [6.45, 7) is 2.68. The molecule has 0 amide bonds. The van der Waals surface area contributed by atoms with E-state index in [1.165, 1.54) is 12.8 Å². The molecule has 1 aliphatic carbocycles. The van der Waals surface area contributed by atoms with Crippen LogP contribution in [0, 0.1) is 5.92 Å². The van der Waals surface area contributed by atoms with Crippen molar-refractivity contribution in [2.75, 3.05) is 13.6 Å². The number of rotatable bonds is 5. The summed E-state index contributed by atoms with van der Waals surface area (Å²) in [5.41, 5.74) is 5.47. The first kappa shape index (κ1) is 13.5. The summed E-state index contributed by atoms with van der Waals surface area (Å²) in [5, 5.41) is 9.17. The van der Waals surface area contributed by atoms with Gasteiger partial charge < -0.3 is 10.8 Å². The second kappa shape index (κ2) is 6.21. The molecular weight excluding hydrogens is 204 g/mol. The molecule has 0 bridgehead atoms. The molecule has 1 rings (SSSR count). The molecule has 0 saturated heterocycles. The van der Waals surface area contributed by atoms with Gasteiger partial charge in [0.2, 0.25) is 0 Å². The highest BCUT2D eigenvalue weighted by Crippen LogP contribution is 2.28. The van der Waals surface area contributed by atoms with Crippen LogP contribution in [-0.2, 0) is 4.79 Å². The van der Waals surface area contributed by atoms with Gasteiger partial charge in [-0.15, -0.1) is 0 Å². The van der Waals surface area contributed by atoms with Crippen LogP contribution in [0.25, 0.3) is 0 Å². The quantitative estimate of drug-likeness (QED) is 0.744. The molecule has 1 aliphatic rings. The smallest absolute Gasteiger partial charge is 0.320 e. The van der Waals surface area contributed by atoms with E-state index in [1.807, 2.05) is 11.9 Å². The van der Waals surface area contributed by atoms with E-state index in [4.69, 9.17) is 5.73 Å². The predicted molar refractivity (Wildman–Crippen MR) is 64.3 cm³/mol. The van der Waals surface area contributed by atoms with Gasteiger partial charge in [-0.05, 0) is 38.8 Å². The molecule has 3 N–H and O–H groups in total. The summed E-state index contributed by atoms with van der Waals surface area (Å²) in [4.78, 5) is 13.2. The molecule has 94 valence electrons. The third-order valence-corrected chi connectivity index (χ3v) is 3.70. The Bertz CT molecular complexity index is 233. The van der Waals surface area contributed by atoms with Gasteiger partial charge in [0, 0.05) is 6.04 Å². The minimum absolute atomic E-state index is 0.413. The first-order valence-electron chi connectivity index (χ1n) is 6.21. The molecule has 1 fully saturated rings. The molecule has 3 atom stereocenters. The lowest BCUT2D eigenvalue weighted by Gasteiger charge is -2.37. The van der Waals surface area contributed by atoms with E-state index in [9.17, 15) is 9.90 Å². The summed E-state index contributed by atoms with van der Waals surface area (Å²) in [6.07, 6.45) is 5.26. The fraction of sp³-hybridized carbons (Fsp3) is 0.917. The molecule has 16 heavy (non-hydrogen) atoms. The van der Waals surface area contributed by atoms with Crippen molar-refractivity contribution in [1.29, 1.82) is 0 Å². The highest BCUT2D eigenvalue weighted by molar-refractivity contribution is 5.73. The number of likely N-dealkylation sites (N-methyl/N-ethyl adjacent to an activating group) is 1. The van der Waals surface area contributed by atoms with Crippen molar-refractivity contribution in [3.63, 3.8) is 0 Å². The van der Waals surface area contributed by atoms with Crippen molar-refractivity contribution >= 4 is 5.97 Å². The van der Waals surface area contributed by atoms with Crippen LogP contribution in [0.15, 0.2) is 0 Å². The van der Waals surface area contributed by atoms with Gasteiger partial charge in [0.25, 0.3) is 0 Å². The number of hydrogen-bond donors (Lipinski definition) is 2. The summed E-state index contributed by atoms with van der Waals surface area (Å²) >= 11 is 0. The second-order valence-corrected chi connectivity index (χ2v) is 5.02. The van der Waals surface area contributed by atoms with Crippen molar-refractivity contribution in [2.24, 2.45) is 11.7 Å². The Hall–Kier alpha value is -0.610. The maximum atomic E-state index is 11.2. The molecule has 0 aromatic rings. The molecule has 0 aromatic heterocycles. The van der Waals surface area contributed by atoms with Crippen LogP contribution in [0.1, 0.15) is 39.0 Å². The fourth-order valence-corrected chi connectivity index (χ4v) is 2.69. The van der Waals surface area contributed by atoms with Crippen molar-refractivity contribution in [2.45, 2.75) is 51.1 Å². The van der Waals surface area contributed by atoms with Crippen molar-refractivity contribution in [3.8, 4) is 0 Å². The molecule has 0 spiro atoms. The average molecular weight is 228 g/mol. The maximum absolute atomic E-state index is 11.2. The van der Waals surface area contributed by atoms with Gasteiger partial charge in [-0.2, -0.15) is 0 Å². The topological polar surface area (TPSA) is 66.6 Å². The third-order valence-electron chi connectivity index (χ3n) is 3.70. The zero-order valence-corrected chi connectivity index (χ0v) is 10.4. The summed E-state index contributed by atoms with van der Waals surface area (Å²) in [6, 6.07) is -0.00306. The highest BCUT2D eigenvalue weighted by atomic mass is 16.4. The molecule has 3 unspecified atom stereocenters. The van der Waals surface area contributed by atoms with Crippen LogP contribution in [-0.4, -0.2) is 41.7 Å². The van der Waals surface area contributed by atoms with Crippen LogP contribution >= 0.6 is 0 Å². The normalized spacial score (nSPS) is 28.0. The number of hydrogen-bond acceptors (Lipinski definition) is 3. The average Bonchev–Trinajstić information content (AvgIpc) is 2.24. The zero-order valence-electron chi connectivity index (χ0n) is 10.4. The van der Waals surface area contributed by atoms with Gasteiger partial charge in [-0.25, -0.2) is 0 Å². The number of carboxylic acids is 1. The summed E-state index contributed by atoms with van der Waals surface area (Å²) in [7, 11) is 1.93. The van der Waals surface area contributed by atoms with Gasteiger partial charge >= 0.3 is 5.97 Å². The lowest BCUT2D eigenvalue weighted by molar-refractivity contribution is -0.144. The Morgan fingerprint density at radius 2 is 2.25 bits per heavy atom. The molecule has 0 radical (unpaired) electrons. The minimum Gasteiger partial charge on any atom is -0.480 e. The molecule has 0 aliphatic heterocycles. The molecule has 0 heterocycles. The predicted octanol–water partition coefficient (Wildman–Crippen LogP) is 1.30. The van der Waals surface area contributed by atoms with Gasteiger partial charge in [-0.3, -0.25) is 9.69 Å². The van der Waals surface area contributed by atoms with Crippen molar-refractivity contribution < 1.29 is 9.90 Å². The Kier molecular flexibility index (Phi) is 5.22. The standard InChI is InChI=1S/C12H24N2O2/c1-9-4-3-5-10(8-9)14(2)11(6-7-13)12(15)16/h9-11H,3-8,13H2,1-2H3,(H,15,16). The van der Waals surface area contributed by atoms with E-state index in [0.717, 1.165) is 12.8 Å². The van der Waals surface area contributed by atoms with Gasteiger partial charge in [-0.1, -0.05) is 19.8 Å². The summed E-state index contributed by atoms with van der Waals surface area (Å²) < 4.78 is 0. The Morgan fingerprint density at radius 1 is 1.56 bits per heavy atom. The van der Waals surface area contributed by atoms with Crippen LogP contribution < -0.4 is 5.73 Å². The van der Waals surface area contributed by atoms with E-state index in [0.29, 0.717) is 24.9 Å². The van der Waals surface area contributed by atoms with Crippen LogP contribution in [0.5, 0.6) is 0 Å². The lowest BCUT2D eigenvalue weighted by atomic mass is 9.85. The molecule has 1 saturated carbocycles. The number of carboxylic acid groups (broad SMARTS) is 1. The maximum Gasteiger partial charge on any atom is 0.320 e. The Morgan fingerprint density at radius 3 is 2.75 bits per heavy atom. The van der Waals surface area contributed by atoms with Crippen molar-refractivity contribution in [3.05, 3.63) is 0 Å². The molecular formula is C12H24N2O2. The SMILES string of the molecule is CC1CCCC(N(C)C(CCN)C(=O)O)C1. The van der Waals surface area contributed by atoms with Crippen LogP contribution in [0.2, 0.25) is 0 Å². The molecule has 4 heteroatoms. The summed E-state index contributed by atoms with van der Waals surface area (Å²) in [5.74, 6) is -0.0281. The van der Waals surface area contributed by atoms with E-state index in [1.54, 1.807) is 0 Å². The molecule has 0 aromatic carbocycles. The van der Waals surface area contributed by atoms with E-state index in [2.05, 4.69) is 6.92 Å². The van der Waals surface area contributed by atoms with E-state index in [-0.39, 0.29) is 0 Å². The zero-order chi connectivity index (χ0) is 12.1. The first-order valence-corrected chi connectivity index (χ1v) is 6.21. The first-order chi connectivity index (χ1) is 7.56. The monoisotopic (exact) mass is 228 g/mol. The number of nitrogens with zero attached hydrogens (tertiary/aromatic N) is 1. The van der Waals surface area contributed by atoms with Crippen molar-refractivity contribution in [1.82, 2.24) is 4.90 Å². The largest absolute Gasteiger partial charge is 0.480 e. The number of aliphatic carboxylic acids is 1.